The van der Waals surface area contributed by atoms with Crippen LogP contribution < -0.4 is 16.1 Å². The lowest BCUT2D eigenvalue weighted by molar-refractivity contribution is -0.135. The molecule has 1 atom stereocenters. The zero-order chi connectivity index (χ0) is 24.2. The molecule has 3 amide bonds. The molecule has 4 N–H and O–H groups in total. The van der Waals surface area contributed by atoms with Crippen LogP contribution in [-0.4, -0.2) is 42.7 Å². The molecule has 0 aliphatic heterocycles. The van der Waals surface area contributed by atoms with Crippen molar-refractivity contribution in [3.05, 3.63) is 47.7 Å². The van der Waals surface area contributed by atoms with Crippen molar-refractivity contribution in [1.82, 2.24) is 16.1 Å². The Labute approximate surface area is 191 Å². The number of benzene rings is 1. The monoisotopic (exact) mass is 459 g/mol. The highest BCUT2D eigenvalue weighted by molar-refractivity contribution is 5.93. The van der Waals surface area contributed by atoms with Crippen LogP contribution in [0, 0.1) is 5.92 Å². The fourth-order valence-corrected chi connectivity index (χ4v) is 3.21. The first-order valence-electron chi connectivity index (χ1n) is 10.7. The van der Waals surface area contributed by atoms with E-state index < -0.39 is 29.6 Å². The van der Waals surface area contributed by atoms with Crippen LogP contribution in [0.1, 0.15) is 59.9 Å². The zero-order valence-corrected chi connectivity index (χ0v) is 18.7. The number of esters is 1. The Kier molecular flexibility index (Phi) is 10.1. The maximum absolute atomic E-state index is 12.4. The summed E-state index contributed by atoms with van der Waals surface area (Å²) in [5.74, 6) is -2.26. The molecule has 0 aliphatic rings. The second kappa shape index (κ2) is 13.0. The van der Waals surface area contributed by atoms with Crippen molar-refractivity contribution in [2.75, 3.05) is 13.8 Å². The first kappa shape index (κ1) is 25.6. The molecule has 0 radical (unpaired) electrons. The molecule has 2 aromatic rings. The fourth-order valence-electron chi connectivity index (χ4n) is 3.21. The highest BCUT2D eigenvalue weighted by Crippen LogP contribution is 2.23. The van der Waals surface area contributed by atoms with Crippen LogP contribution in [0.3, 0.4) is 0 Å². The molecule has 33 heavy (non-hydrogen) atoms. The van der Waals surface area contributed by atoms with Gasteiger partial charge in [-0.1, -0.05) is 38.3 Å². The molecule has 0 fully saturated rings. The number of furan rings is 1. The van der Waals surface area contributed by atoms with Crippen molar-refractivity contribution in [1.29, 1.82) is 0 Å². The van der Waals surface area contributed by atoms with E-state index in [0.29, 0.717) is 23.3 Å². The van der Waals surface area contributed by atoms with Gasteiger partial charge in [0, 0.05) is 17.9 Å². The number of ether oxygens (including phenoxy) is 1. The molecule has 0 spiro atoms. The smallest absolute Gasteiger partial charge is 0.337 e. The number of rotatable bonds is 12. The lowest BCUT2D eigenvalue weighted by atomic mass is 9.96. The minimum absolute atomic E-state index is 0.0295. The Morgan fingerprint density at radius 1 is 1.09 bits per heavy atom. The van der Waals surface area contributed by atoms with Gasteiger partial charge in [-0.15, -0.1) is 0 Å². The third-order valence-corrected chi connectivity index (χ3v) is 4.99. The van der Waals surface area contributed by atoms with E-state index in [0.717, 1.165) is 19.3 Å². The summed E-state index contributed by atoms with van der Waals surface area (Å²) < 4.78 is 10.3. The normalized spacial score (nSPS) is 11.4. The second-order valence-corrected chi connectivity index (χ2v) is 7.39. The largest absolute Gasteiger partial charge is 0.465 e. The number of hydroxylamine groups is 1. The van der Waals surface area contributed by atoms with E-state index in [2.05, 4.69) is 10.6 Å². The van der Waals surface area contributed by atoms with Crippen LogP contribution in [0.15, 0.2) is 40.8 Å². The van der Waals surface area contributed by atoms with E-state index in [4.69, 9.17) is 14.4 Å². The summed E-state index contributed by atoms with van der Waals surface area (Å²) in [6.45, 7) is 1.87. The topological polar surface area (TPSA) is 147 Å². The van der Waals surface area contributed by atoms with E-state index in [-0.39, 0.29) is 18.8 Å². The summed E-state index contributed by atoms with van der Waals surface area (Å²) in [5.41, 5.74) is 2.49. The van der Waals surface area contributed by atoms with Crippen molar-refractivity contribution >= 4 is 23.7 Å². The van der Waals surface area contributed by atoms with Crippen LogP contribution in [0.5, 0.6) is 0 Å². The van der Waals surface area contributed by atoms with Gasteiger partial charge in [-0.25, -0.2) is 10.3 Å². The molecule has 0 bridgehead atoms. The van der Waals surface area contributed by atoms with Gasteiger partial charge < -0.3 is 19.8 Å². The first-order chi connectivity index (χ1) is 15.9. The molecule has 0 saturated heterocycles. The molecule has 10 heteroatoms. The Hall–Kier alpha value is -3.66. The van der Waals surface area contributed by atoms with Crippen LogP contribution in [0.2, 0.25) is 0 Å². The Morgan fingerprint density at radius 2 is 1.88 bits per heavy atom. The summed E-state index contributed by atoms with van der Waals surface area (Å²) in [5, 5.41) is 13.8. The molecular formula is C23H29N3O7. The zero-order valence-electron chi connectivity index (χ0n) is 18.7. The van der Waals surface area contributed by atoms with Crippen molar-refractivity contribution in [2.24, 2.45) is 5.92 Å². The van der Waals surface area contributed by atoms with Gasteiger partial charge in [0.25, 0.3) is 5.91 Å². The SMILES string of the molecule is CCCCC[C@H](CC(=O)NO)C(=O)NCNC(=O)c1ccc(-c2cccc(C(=O)OC)c2)o1. The maximum atomic E-state index is 12.4. The van der Waals surface area contributed by atoms with Crippen LogP contribution in [0.4, 0.5) is 0 Å². The van der Waals surface area contributed by atoms with E-state index in [9.17, 15) is 19.2 Å². The quantitative estimate of drug-likeness (QED) is 0.125. The average Bonchev–Trinajstić information content (AvgIpc) is 3.33. The Bertz CT molecular complexity index is 970. The third-order valence-electron chi connectivity index (χ3n) is 4.99. The molecule has 2 rings (SSSR count). The summed E-state index contributed by atoms with van der Waals surface area (Å²) in [6.07, 6.45) is 3.00. The van der Waals surface area contributed by atoms with Crippen LogP contribution in [-0.2, 0) is 14.3 Å². The van der Waals surface area contributed by atoms with Gasteiger partial charge in [0.2, 0.25) is 11.8 Å². The van der Waals surface area contributed by atoms with Gasteiger partial charge in [0.1, 0.15) is 5.76 Å². The van der Waals surface area contributed by atoms with E-state index in [1.807, 2.05) is 6.92 Å². The number of methoxy groups -OCH3 is 1. The molecule has 0 unspecified atom stereocenters. The van der Waals surface area contributed by atoms with E-state index >= 15 is 0 Å². The number of amides is 3. The average molecular weight is 459 g/mol. The third kappa shape index (κ3) is 7.76. The summed E-state index contributed by atoms with van der Waals surface area (Å²) >= 11 is 0. The summed E-state index contributed by atoms with van der Waals surface area (Å²) in [7, 11) is 1.29. The molecule has 178 valence electrons. The second-order valence-electron chi connectivity index (χ2n) is 7.39. The predicted octanol–water partition coefficient (Wildman–Crippen LogP) is 2.63. The Morgan fingerprint density at radius 3 is 2.58 bits per heavy atom. The van der Waals surface area contributed by atoms with Crippen molar-refractivity contribution < 1.29 is 33.5 Å². The van der Waals surface area contributed by atoms with Gasteiger partial charge in [-0.2, -0.15) is 0 Å². The van der Waals surface area contributed by atoms with Gasteiger partial charge >= 0.3 is 5.97 Å². The molecule has 1 aromatic heterocycles. The number of unbranched alkanes of at least 4 members (excludes halogenated alkanes) is 2. The van der Waals surface area contributed by atoms with Crippen LogP contribution >= 0.6 is 0 Å². The van der Waals surface area contributed by atoms with E-state index in [1.165, 1.54) is 18.7 Å². The minimum atomic E-state index is -0.643. The number of hydrogen-bond acceptors (Lipinski definition) is 7. The highest BCUT2D eigenvalue weighted by atomic mass is 16.5. The summed E-state index contributed by atoms with van der Waals surface area (Å²) in [4.78, 5) is 48.0. The predicted molar refractivity (Wildman–Crippen MR) is 118 cm³/mol. The molecule has 1 aromatic carbocycles. The van der Waals surface area contributed by atoms with E-state index in [1.54, 1.807) is 30.3 Å². The molecule has 0 saturated carbocycles. The standard InChI is InChI=1S/C23H29N3O7/c1-3-4-5-7-16(13-20(27)26-31)21(28)24-14-25-22(29)19-11-10-18(33-19)15-8-6-9-17(12-15)23(30)32-2/h6,8-12,16,31H,3-5,7,13-14H2,1-2H3,(H,24,28)(H,25,29)(H,26,27)/t16-/m1/s1. The Balaban J connectivity index is 1.92. The number of carbonyl (C=O) groups excluding carboxylic acids is 4. The molecular weight excluding hydrogens is 430 g/mol. The molecule has 1 heterocycles. The van der Waals surface area contributed by atoms with Crippen LogP contribution in [0.25, 0.3) is 11.3 Å². The van der Waals surface area contributed by atoms with Crippen molar-refractivity contribution in [3.63, 3.8) is 0 Å². The number of hydrogen-bond donors (Lipinski definition) is 4. The first-order valence-corrected chi connectivity index (χ1v) is 10.7. The minimum Gasteiger partial charge on any atom is -0.465 e. The number of nitrogens with one attached hydrogen (secondary N) is 3. The fraction of sp³-hybridized carbons (Fsp3) is 0.391. The van der Waals surface area contributed by atoms with Gasteiger partial charge in [-0.05, 0) is 30.7 Å². The lowest BCUT2D eigenvalue weighted by Gasteiger charge is -2.16. The van der Waals surface area contributed by atoms with Gasteiger partial charge in [-0.3, -0.25) is 19.6 Å². The van der Waals surface area contributed by atoms with Gasteiger partial charge in [0.15, 0.2) is 5.76 Å². The molecule has 10 nitrogen and oxygen atoms in total. The van der Waals surface area contributed by atoms with Crippen molar-refractivity contribution in [2.45, 2.75) is 39.0 Å². The summed E-state index contributed by atoms with van der Waals surface area (Å²) in [6, 6.07) is 9.68. The van der Waals surface area contributed by atoms with Crippen molar-refractivity contribution in [3.8, 4) is 11.3 Å². The lowest BCUT2D eigenvalue weighted by Crippen LogP contribution is -2.41. The maximum Gasteiger partial charge on any atom is 0.337 e. The van der Waals surface area contributed by atoms with Gasteiger partial charge in [0.05, 0.1) is 19.3 Å². The molecule has 0 aliphatic carbocycles. The number of carbonyl (C=O) groups is 4. The highest BCUT2D eigenvalue weighted by Gasteiger charge is 2.21.